The van der Waals surface area contributed by atoms with Gasteiger partial charge in [-0.2, -0.15) is 4.98 Å². The lowest BCUT2D eigenvalue weighted by Gasteiger charge is -2.12. The molecule has 3 rings (SSSR count). The van der Waals surface area contributed by atoms with Gasteiger partial charge in [-0.3, -0.25) is 14.3 Å². The average Bonchev–Trinajstić information content (AvgIpc) is 2.98. The maximum atomic E-state index is 12.7. The molecule has 0 spiro atoms. The van der Waals surface area contributed by atoms with Crippen LogP contribution in [-0.4, -0.2) is 48.1 Å². The molecule has 2 aromatic rings. The largest absolute Gasteiger partial charge is 0.394 e. The first-order valence-electron chi connectivity index (χ1n) is 7.03. The molecule has 0 amide bonds. The molecule has 3 heterocycles. The summed E-state index contributed by atoms with van der Waals surface area (Å²) in [6.07, 6.45) is -1.01. The molecule has 124 valence electrons. The summed E-state index contributed by atoms with van der Waals surface area (Å²) in [4.78, 5) is 31.2. The number of imidazole rings is 1. The smallest absolute Gasteiger partial charge is 0.332 e. The predicted molar refractivity (Wildman–Crippen MR) is 80.8 cm³/mol. The van der Waals surface area contributed by atoms with Crippen molar-refractivity contribution >= 4 is 17.1 Å². The van der Waals surface area contributed by atoms with Gasteiger partial charge in [0.15, 0.2) is 11.2 Å². The maximum Gasteiger partial charge on any atom is 0.332 e. The fourth-order valence-electron chi connectivity index (χ4n) is 2.80. The van der Waals surface area contributed by atoms with Crippen molar-refractivity contribution in [1.29, 1.82) is 0 Å². The quantitative estimate of drug-likeness (QED) is 0.490. The van der Waals surface area contributed by atoms with Crippen LogP contribution in [-0.2, 0) is 11.3 Å². The molecule has 3 unspecified atom stereocenters. The van der Waals surface area contributed by atoms with Gasteiger partial charge in [-0.25, -0.2) is 9.36 Å². The van der Waals surface area contributed by atoms with E-state index in [1.165, 1.54) is 15.2 Å². The van der Waals surface area contributed by atoms with Gasteiger partial charge < -0.3 is 20.7 Å². The number of ether oxygens (including phenoxy) is 1. The normalized spacial score (nSPS) is 24.3. The molecule has 3 atom stereocenters. The molecule has 1 aliphatic heterocycles. The first-order chi connectivity index (χ1) is 11.0. The van der Waals surface area contributed by atoms with E-state index in [0.717, 1.165) is 0 Å². The minimum atomic E-state index is -0.922. The number of H-pyrrole nitrogens is 1. The molecule has 0 radical (unpaired) electrons. The van der Waals surface area contributed by atoms with Gasteiger partial charge in [0.05, 0.1) is 12.7 Å². The molecule has 5 N–H and O–H groups in total. The summed E-state index contributed by atoms with van der Waals surface area (Å²) in [7, 11) is 0. The van der Waals surface area contributed by atoms with Crippen LogP contribution < -0.4 is 17.0 Å². The van der Waals surface area contributed by atoms with Gasteiger partial charge in [-0.1, -0.05) is 6.08 Å². The average molecular weight is 323 g/mol. The van der Waals surface area contributed by atoms with Crippen LogP contribution in [0.25, 0.3) is 11.2 Å². The summed E-state index contributed by atoms with van der Waals surface area (Å²) in [6, 6.07) is 0. The number of hydrogen-bond acceptors (Lipinski definition) is 7. The summed E-state index contributed by atoms with van der Waals surface area (Å²) in [5.74, 6) is -0.135. The zero-order valence-corrected chi connectivity index (χ0v) is 12.2. The highest BCUT2D eigenvalue weighted by Gasteiger charge is 2.37. The van der Waals surface area contributed by atoms with E-state index in [1.807, 2.05) is 0 Å². The van der Waals surface area contributed by atoms with Crippen molar-refractivity contribution < 1.29 is 14.9 Å². The second-order valence-corrected chi connectivity index (χ2v) is 5.29. The minimum Gasteiger partial charge on any atom is -0.394 e. The molecule has 10 heteroatoms. The Morgan fingerprint density at radius 3 is 2.87 bits per heavy atom. The summed E-state index contributed by atoms with van der Waals surface area (Å²) in [5, 5.41) is 19.0. The van der Waals surface area contributed by atoms with E-state index in [9.17, 15) is 19.8 Å². The number of rotatable bonds is 4. The van der Waals surface area contributed by atoms with Crippen molar-refractivity contribution in [2.75, 3.05) is 12.3 Å². The van der Waals surface area contributed by atoms with E-state index in [2.05, 4.69) is 16.5 Å². The van der Waals surface area contributed by atoms with Crippen molar-refractivity contribution in [1.82, 2.24) is 19.1 Å². The van der Waals surface area contributed by atoms with Crippen molar-refractivity contribution in [2.45, 2.75) is 31.4 Å². The Morgan fingerprint density at radius 1 is 1.52 bits per heavy atom. The highest BCUT2D eigenvalue weighted by atomic mass is 16.5. The van der Waals surface area contributed by atoms with Crippen molar-refractivity contribution in [3.8, 4) is 0 Å². The highest BCUT2D eigenvalue weighted by Crippen LogP contribution is 2.29. The first kappa shape index (κ1) is 15.5. The molecule has 0 aliphatic carbocycles. The third-order valence-corrected chi connectivity index (χ3v) is 3.81. The van der Waals surface area contributed by atoms with E-state index < -0.39 is 29.7 Å². The first-order valence-corrected chi connectivity index (χ1v) is 7.03. The van der Waals surface area contributed by atoms with E-state index in [4.69, 9.17) is 10.5 Å². The van der Waals surface area contributed by atoms with Gasteiger partial charge in [0.1, 0.15) is 12.3 Å². The van der Waals surface area contributed by atoms with Crippen molar-refractivity contribution in [3.63, 3.8) is 0 Å². The van der Waals surface area contributed by atoms with Crippen LogP contribution in [0.2, 0.25) is 0 Å². The molecule has 0 saturated carbocycles. The van der Waals surface area contributed by atoms with Crippen LogP contribution in [0.4, 0.5) is 5.95 Å². The van der Waals surface area contributed by atoms with Crippen LogP contribution in [0.1, 0.15) is 12.6 Å². The Labute approximate surface area is 129 Å². The second kappa shape index (κ2) is 5.65. The van der Waals surface area contributed by atoms with Crippen LogP contribution >= 0.6 is 0 Å². The molecule has 2 aromatic heterocycles. The summed E-state index contributed by atoms with van der Waals surface area (Å²) in [5.41, 5.74) is 4.60. The van der Waals surface area contributed by atoms with E-state index >= 15 is 0 Å². The molecule has 1 aliphatic rings. The second-order valence-electron chi connectivity index (χ2n) is 5.29. The molecular formula is C13H17N5O5. The summed E-state index contributed by atoms with van der Waals surface area (Å²) < 4.78 is 7.87. The van der Waals surface area contributed by atoms with Gasteiger partial charge in [0.2, 0.25) is 5.95 Å². The minimum absolute atomic E-state index is 0.0506. The molecule has 10 nitrogen and oxygen atoms in total. The number of hydrogen-bond donors (Lipinski definition) is 4. The Balaban J connectivity index is 2.25. The fourth-order valence-corrected chi connectivity index (χ4v) is 2.80. The molecule has 1 fully saturated rings. The SMILES string of the molecule is C=CCn1c(=O)n(C2CC(O)C(CO)O2)c2nc(N)[nH]c(=O)c21. The lowest BCUT2D eigenvalue weighted by molar-refractivity contribution is -0.0443. The van der Waals surface area contributed by atoms with Gasteiger partial charge in [0.25, 0.3) is 5.56 Å². The summed E-state index contributed by atoms with van der Waals surface area (Å²) >= 11 is 0. The number of nitrogens with one attached hydrogen (secondary N) is 1. The molecule has 0 bridgehead atoms. The number of aliphatic hydroxyl groups is 2. The van der Waals surface area contributed by atoms with E-state index in [1.54, 1.807) is 0 Å². The Kier molecular flexibility index (Phi) is 3.80. The lowest BCUT2D eigenvalue weighted by Crippen LogP contribution is -2.28. The number of nitrogen functional groups attached to an aromatic ring is 1. The maximum absolute atomic E-state index is 12.7. The zero-order chi connectivity index (χ0) is 16.7. The number of fused-ring (bicyclic) bond motifs is 1. The molecule has 23 heavy (non-hydrogen) atoms. The lowest BCUT2D eigenvalue weighted by atomic mass is 10.2. The Bertz CT molecular complexity index is 866. The number of aliphatic hydroxyl groups excluding tert-OH is 2. The number of allylic oxidation sites excluding steroid dienone is 1. The van der Waals surface area contributed by atoms with Gasteiger partial charge in [0, 0.05) is 13.0 Å². The number of nitrogens with two attached hydrogens (primary N) is 1. The standard InChI is InChI=1S/C13H17N5O5/c1-2-3-17-9-10(15-12(14)16-11(9)21)18(13(17)22)8-4-6(20)7(5-19)23-8/h2,6-8,19-20H,1,3-5H2,(H3,14,15,16,21). The van der Waals surface area contributed by atoms with E-state index in [-0.39, 0.29) is 36.7 Å². The zero-order valence-electron chi connectivity index (χ0n) is 12.2. The van der Waals surface area contributed by atoms with Crippen molar-refractivity contribution in [3.05, 3.63) is 33.5 Å². The molecule has 1 saturated heterocycles. The van der Waals surface area contributed by atoms with Crippen LogP contribution in [0.15, 0.2) is 22.2 Å². The van der Waals surface area contributed by atoms with Gasteiger partial charge >= 0.3 is 5.69 Å². The fraction of sp³-hybridized carbons (Fsp3) is 0.462. The monoisotopic (exact) mass is 323 g/mol. The Morgan fingerprint density at radius 2 is 2.26 bits per heavy atom. The van der Waals surface area contributed by atoms with Gasteiger partial charge in [-0.05, 0) is 0 Å². The van der Waals surface area contributed by atoms with Crippen LogP contribution in [0.3, 0.4) is 0 Å². The molecule has 0 aromatic carbocycles. The molecular weight excluding hydrogens is 306 g/mol. The third kappa shape index (κ3) is 2.36. The van der Waals surface area contributed by atoms with Gasteiger partial charge in [-0.15, -0.1) is 6.58 Å². The number of aromatic nitrogens is 4. The number of aromatic amines is 1. The predicted octanol–water partition coefficient (Wildman–Crippen LogP) is -1.70. The van der Waals surface area contributed by atoms with Crippen LogP contribution in [0, 0.1) is 0 Å². The topological polar surface area (TPSA) is 148 Å². The van der Waals surface area contributed by atoms with Crippen molar-refractivity contribution in [2.24, 2.45) is 0 Å². The van der Waals surface area contributed by atoms with E-state index in [0.29, 0.717) is 0 Å². The third-order valence-electron chi connectivity index (χ3n) is 3.81. The van der Waals surface area contributed by atoms with Crippen LogP contribution in [0.5, 0.6) is 0 Å². The number of nitrogens with zero attached hydrogens (tertiary/aromatic N) is 3. The number of anilines is 1. The Hall–Kier alpha value is -2.43. The summed E-state index contributed by atoms with van der Waals surface area (Å²) in [6.45, 7) is 3.29. The highest BCUT2D eigenvalue weighted by molar-refractivity contribution is 5.71.